The smallest absolute Gasteiger partial charge is 0.150 e. The number of carbonyl (C=O) groups excluding carboxylic acids is 1. The van der Waals surface area contributed by atoms with E-state index in [-0.39, 0.29) is 0 Å². The third kappa shape index (κ3) is 3.69. The zero-order valence-electron chi connectivity index (χ0n) is 10.7. The van der Waals surface area contributed by atoms with Crippen molar-refractivity contribution < 1.29 is 4.79 Å². The molecule has 1 aromatic carbocycles. The van der Waals surface area contributed by atoms with Crippen molar-refractivity contribution in [1.29, 1.82) is 0 Å². The van der Waals surface area contributed by atoms with Crippen molar-refractivity contribution >= 4 is 6.29 Å². The lowest BCUT2D eigenvalue weighted by Gasteiger charge is -2.26. The third-order valence-corrected chi connectivity index (χ3v) is 4.09. The number of benzene rings is 1. The van der Waals surface area contributed by atoms with Gasteiger partial charge in [-0.15, -0.1) is 0 Å². The van der Waals surface area contributed by atoms with Gasteiger partial charge in [0.05, 0.1) is 0 Å². The van der Waals surface area contributed by atoms with Gasteiger partial charge in [-0.05, 0) is 30.2 Å². The highest BCUT2D eigenvalue weighted by Crippen LogP contribution is 2.31. The molecule has 0 saturated heterocycles. The summed E-state index contributed by atoms with van der Waals surface area (Å²) in [7, 11) is 0. The Morgan fingerprint density at radius 1 is 1.12 bits per heavy atom. The predicted molar refractivity (Wildman–Crippen MR) is 71.3 cm³/mol. The molecule has 2 rings (SSSR count). The van der Waals surface area contributed by atoms with Gasteiger partial charge in [0.15, 0.2) is 0 Å². The number of carbonyl (C=O) groups is 1. The summed E-state index contributed by atoms with van der Waals surface area (Å²) in [5.41, 5.74) is 2.15. The van der Waals surface area contributed by atoms with Crippen molar-refractivity contribution in [1.82, 2.24) is 0 Å². The Labute approximate surface area is 104 Å². The van der Waals surface area contributed by atoms with Crippen LogP contribution in [-0.2, 0) is 6.42 Å². The van der Waals surface area contributed by atoms with Crippen molar-refractivity contribution in [2.45, 2.75) is 45.4 Å². The molecule has 0 aliphatic heterocycles. The van der Waals surface area contributed by atoms with Gasteiger partial charge >= 0.3 is 0 Å². The minimum Gasteiger partial charge on any atom is -0.298 e. The molecule has 0 N–H and O–H groups in total. The molecule has 1 fully saturated rings. The third-order valence-electron chi connectivity index (χ3n) is 4.09. The van der Waals surface area contributed by atoms with Crippen LogP contribution in [0.15, 0.2) is 24.3 Å². The highest BCUT2D eigenvalue weighted by molar-refractivity contribution is 5.74. The Bertz CT molecular complexity index is 344. The lowest BCUT2D eigenvalue weighted by atomic mass is 9.80. The molecule has 1 aromatic rings. The Kier molecular flexibility index (Phi) is 4.36. The Morgan fingerprint density at radius 2 is 1.76 bits per heavy atom. The summed E-state index contributed by atoms with van der Waals surface area (Å²) in [4.78, 5) is 10.6. The highest BCUT2D eigenvalue weighted by atomic mass is 16.1. The summed E-state index contributed by atoms with van der Waals surface area (Å²) in [5, 5.41) is 0. The van der Waals surface area contributed by atoms with E-state index in [0.29, 0.717) is 0 Å². The van der Waals surface area contributed by atoms with Crippen LogP contribution in [0.4, 0.5) is 0 Å². The van der Waals surface area contributed by atoms with Gasteiger partial charge in [-0.3, -0.25) is 4.79 Å². The average Bonchev–Trinajstić information content (AvgIpc) is 2.39. The molecule has 1 aliphatic rings. The maximum atomic E-state index is 10.6. The van der Waals surface area contributed by atoms with Crippen molar-refractivity contribution in [3.63, 3.8) is 0 Å². The van der Waals surface area contributed by atoms with E-state index in [0.717, 1.165) is 30.1 Å². The van der Waals surface area contributed by atoms with Gasteiger partial charge in [-0.25, -0.2) is 0 Å². The monoisotopic (exact) mass is 230 g/mol. The maximum Gasteiger partial charge on any atom is 0.150 e. The maximum absolute atomic E-state index is 10.6. The molecule has 1 saturated carbocycles. The number of hydrogen-bond acceptors (Lipinski definition) is 1. The molecule has 0 unspecified atom stereocenters. The van der Waals surface area contributed by atoms with E-state index in [1.165, 1.54) is 37.7 Å². The summed E-state index contributed by atoms with van der Waals surface area (Å²) < 4.78 is 0. The van der Waals surface area contributed by atoms with Crippen LogP contribution >= 0.6 is 0 Å². The molecule has 0 heterocycles. The number of aldehydes is 1. The van der Waals surface area contributed by atoms with Gasteiger partial charge in [-0.2, -0.15) is 0 Å². The summed E-state index contributed by atoms with van der Waals surface area (Å²) in [6, 6.07) is 8.03. The second kappa shape index (κ2) is 6.00. The Hall–Kier alpha value is -1.11. The predicted octanol–water partition coefficient (Wildman–Crippen LogP) is 4.26. The van der Waals surface area contributed by atoms with E-state index < -0.39 is 0 Å². The molecule has 1 nitrogen and oxygen atoms in total. The second-order valence-electron chi connectivity index (χ2n) is 5.52. The molecule has 0 radical (unpaired) electrons. The van der Waals surface area contributed by atoms with Gasteiger partial charge in [0.1, 0.15) is 6.29 Å². The van der Waals surface area contributed by atoms with Gasteiger partial charge < -0.3 is 0 Å². The van der Waals surface area contributed by atoms with Crippen LogP contribution < -0.4 is 0 Å². The van der Waals surface area contributed by atoms with Crippen LogP contribution in [0.25, 0.3) is 0 Å². The van der Waals surface area contributed by atoms with Crippen LogP contribution in [0.3, 0.4) is 0 Å². The number of hydrogen-bond donors (Lipinski definition) is 0. The van der Waals surface area contributed by atoms with Crippen LogP contribution in [0.1, 0.15) is 54.9 Å². The summed E-state index contributed by atoms with van der Waals surface area (Å²) in [6.45, 7) is 2.37. The fraction of sp³-hybridized carbons (Fsp3) is 0.562. The molecule has 0 amide bonds. The van der Waals surface area contributed by atoms with E-state index in [1.54, 1.807) is 0 Å². The average molecular weight is 230 g/mol. The largest absolute Gasteiger partial charge is 0.298 e. The standard InChI is InChI=1S/C16H22O/c1-13-2-4-14(5-3-13)6-7-15-8-10-16(12-17)11-9-15/h8-14H,2-7H2,1H3. The van der Waals surface area contributed by atoms with Crippen LogP contribution in [0.2, 0.25) is 0 Å². The summed E-state index contributed by atoms with van der Waals surface area (Å²) in [6.07, 6.45) is 9.03. The van der Waals surface area contributed by atoms with E-state index in [2.05, 4.69) is 19.1 Å². The first-order valence-corrected chi connectivity index (χ1v) is 6.82. The van der Waals surface area contributed by atoms with Crippen LogP contribution in [-0.4, -0.2) is 6.29 Å². The molecule has 17 heavy (non-hydrogen) atoms. The van der Waals surface area contributed by atoms with Crippen LogP contribution in [0, 0.1) is 11.8 Å². The lowest BCUT2D eigenvalue weighted by molar-refractivity contribution is 0.112. The van der Waals surface area contributed by atoms with Crippen LogP contribution in [0.5, 0.6) is 0 Å². The zero-order chi connectivity index (χ0) is 12.1. The molecule has 0 atom stereocenters. The van der Waals surface area contributed by atoms with Gasteiger partial charge in [0, 0.05) is 5.56 Å². The van der Waals surface area contributed by atoms with Crippen molar-refractivity contribution in [3.8, 4) is 0 Å². The molecule has 0 aromatic heterocycles. The number of rotatable bonds is 4. The van der Waals surface area contributed by atoms with Crippen molar-refractivity contribution in [3.05, 3.63) is 35.4 Å². The second-order valence-corrected chi connectivity index (χ2v) is 5.52. The summed E-state index contributed by atoms with van der Waals surface area (Å²) in [5.74, 6) is 1.87. The first-order chi connectivity index (χ1) is 8.28. The first kappa shape index (κ1) is 12.3. The Morgan fingerprint density at radius 3 is 2.35 bits per heavy atom. The fourth-order valence-electron chi connectivity index (χ4n) is 2.75. The molecular weight excluding hydrogens is 208 g/mol. The van der Waals surface area contributed by atoms with Crippen molar-refractivity contribution in [2.75, 3.05) is 0 Å². The molecule has 1 aliphatic carbocycles. The Balaban J connectivity index is 1.79. The molecular formula is C16H22O. The number of aryl methyl sites for hydroxylation is 1. The lowest BCUT2D eigenvalue weighted by Crippen LogP contribution is -2.12. The molecule has 92 valence electrons. The topological polar surface area (TPSA) is 17.1 Å². The van der Waals surface area contributed by atoms with E-state index >= 15 is 0 Å². The van der Waals surface area contributed by atoms with Gasteiger partial charge in [-0.1, -0.05) is 56.9 Å². The quantitative estimate of drug-likeness (QED) is 0.706. The fourth-order valence-corrected chi connectivity index (χ4v) is 2.75. The molecule has 1 heteroatoms. The minimum atomic E-state index is 0.778. The molecule has 0 spiro atoms. The normalized spacial score (nSPS) is 24.5. The zero-order valence-corrected chi connectivity index (χ0v) is 10.7. The molecule has 0 bridgehead atoms. The SMILES string of the molecule is CC1CCC(CCc2ccc(C=O)cc2)CC1. The van der Waals surface area contributed by atoms with Gasteiger partial charge in [0.2, 0.25) is 0 Å². The minimum absolute atomic E-state index is 0.778. The first-order valence-electron chi connectivity index (χ1n) is 6.82. The van der Waals surface area contributed by atoms with Gasteiger partial charge in [0.25, 0.3) is 0 Å². The highest BCUT2D eigenvalue weighted by Gasteiger charge is 2.17. The van der Waals surface area contributed by atoms with E-state index in [9.17, 15) is 4.79 Å². The van der Waals surface area contributed by atoms with Crippen molar-refractivity contribution in [2.24, 2.45) is 11.8 Å². The van der Waals surface area contributed by atoms with E-state index in [1.807, 2.05) is 12.1 Å². The summed E-state index contributed by atoms with van der Waals surface area (Å²) >= 11 is 0. The van der Waals surface area contributed by atoms with E-state index in [4.69, 9.17) is 0 Å².